The largest absolute Gasteiger partial charge is 0.462 e. The van der Waals surface area contributed by atoms with Crippen LogP contribution in [0.4, 0.5) is 0 Å². The Morgan fingerprint density at radius 3 is 0.761 bits per heavy atom. The van der Waals surface area contributed by atoms with Gasteiger partial charge in [0, 0.05) is 19.3 Å². The van der Waals surface area contributed by atoms with E-state index in [0.29, 0.717) is 19.3 Å². The molecule has 0 aromatic heterocycles. The van der Waals surface area contributed by atoms with Crippen molar-refractivity contribution in [1.29, 1.82) is 0 Å². The Morgan fingerprint density at radius 2 is 0.493 bits per heavy atom. The van der Waals surface area contributed by atoms with E-state index in [2.05, 4.69) is 45.1 Å². The van der Waals surface area contributed by atoms with Gasteiger partial charge in [-0.3, -0.25) is 14.4 Å². The molecule has 67 heavy (non-hydrogen) atoms. The second-order valence-electron chi connectivity index (χ2n) is 20.3. The van der Waals surface area contributed by atoms with E-state index in [-0.39, 0.29) is 31.1 Å². The fraction of sp³-hybridized carbons (Fsp3) is 0.885. The third-order valence-corrected chi connectivity index (χ3v) is 13.4. The van der Waals surface area contributed by atoms with Gasteiger partial charge in [0.2, 0.25) is 0 Å². The third kappa shape index (κ3) is 54.7. The molecule has 0 aliphatic rings. The summed E-state index contributed by atoms with van der Waals surface area (Å²) in [5.74, 6) is -0.858. The van der Waals surface area contributed by atoms with Gasteiger partial charge in [0.05, 0.1) is 0 Å². The highest BCUT2D eigenvalue weighted by Crippen LogP contribution is 2.17. The van der Waals surface area contributed by atoms with Gasteiger partial charge in [-0.05, 0) is 70.6 Å². The van der Waals surface area contributed by atoms with Crippen molar-refractivity contribution in [2.24, 2.45) is 0 Å². The highest BCUT2D eigenvalue weighted by molar-refractivity contribution is 5.71. The minimum atomic E-state index is -0.770. The summed E-state index contributed by atoms with van der Waals surface area (Å²) in [6.07, 6.45) is 66.0. The van der Waals surface area contributed by atoms with E-state index < -0.39 is 6.10 Å². The molecule has 6 nitrogen and oxygen atoms in total. The number of esters is 3. The lowest BCUT2D eigenvalue weighted by Gasteiger charge is -2.18. The molecule has 0 radical (unpaired) electrons. The number of hydrogen-bond acceptors (Lipinski definition) is 6. The summed E-state index contributed by atoms with van der Waals surface area (Å²) in [5.41, 5.74) is 0. The lowest BCUT2D eigenvalue weighted by molar-refractivity contribution is -0.167. The molecule has 0 saturated heterocycles. The number of carbonyl (C=O) groups is 3. The van der Waals surface area contributed by atoms with Gasteiger partial charge in [0.25, 0.3) is 0 Å². The Labute approximate surface area is 417 Å². The fourth-order valence-electron chi connectivity index (χ4n) is 8.91. The molecule has 0 heterocycles. The first-order valence-corrected chi connectivity index (χ1v) is 29.8. The van der Waals surface area contributed by atoms with Gasteiger partial charge in [-0.25, -0.2) is 0 Å². The Morgan fingerprint density at radius 1 is 0.284 bits per heavy atom. The van der Waals surface area contributed by atoms with Crippen molar-refractivity contribution in [3.8, 4) is 0 Å². The van der Waals surface area contributed by atoms with Crippen molar-refractivity contribution in [2.75, 3.05) is 13.2 Å². The first-order valence-electron chi connectivity index (χ1n) is 29.8. The zero-order valence-electron chi connectivity index (χ0n) is 45.2. The fourth-order valence-corrected chi connectivity index (χ4v) is 8.91. The van der Waals surface area contributed by atoms with Crippen LogP contribution in [-0.4, -0.2) is 37.2 Å². The third-order valence-electron chi connectivity index (χ3n) is 13.4. The predicted octanol–water partition coefficient (Wildman–Crippen LogP) is 19.9. The SMILES string of the molecule is CCCCCC/C=C\CCCCCCCC(=O)OC[C@@H](COC(=O)CCCCCCCCCCCCC/C=C\CCCCCCCC)OC(=O)CCCCCCCCCCCCCCCCC. The Hall–Kier alpha value is -2.11. The zero-order chi connectivity index (χ0) is 48.6. The van der Waals surface area contributed by atoms with Gasteiger partial charge < -0.3 is 14.2 Å². The average Bonchev–Trinajstić information content (AvgIpc) is 3.33. The molecule has 0 aromatic carbocycles. The number of carbonyl (C=O) groups excluding carboxylic acids is 3. The highest BCUT2D eigenvalue weighted by Gasteiger charge is 2.19. The maximum absolute atomic E-state index is 12.8. The molecule has 0 rings (SSSR count). The summed E-state index contributed by atoms with van der Waals surface area (Å²) in [6.45, 7) is 6.66. The van der Waals surface area contributed by atoms with Crippen LogP contribution in [0, 0.1) is 0 Å². The lowest BCUT2D eigenvalue weighted by Crippen LogP contribution is -2.30. The molecule has 1 atom stereocenters. The summed E-state index contributed by atoms with van der Waals surface area (Å²) in [5, 5.41) is 0. The van der Waals surface area contributed by atoms with Crippen LogP contribution < -0.4 is 0 Å². The minimum absolute atomic E-state index is 0.0696. The van der Waals surface area contributed by atoms with Gasteiger partial charge in [-0.1, -0.05) is 263 Å². The maximum atomic E-state index is 12.8. The van der Waals surface area contributed by atoms with Crippen molar-refractivity contribution < 1.29 is 28.6 Å². The van der Waals surface area contributed by atoms with E-state index >= 15 is 0 Å². The first kappa shape index (κ1) is 64.9. The molecule has 394 valence electrons. The topological polar surface area (TPSA) is 78.9 Å². The lowest BCUT2D eigenvalue weighted by atomic mass is 10.0. The Balaban J connectivity index is 4.28. The molecule has 0 aliphatic carbocycles. The number of allylic oxidation sites excluding steroid dienone is 4. The second-order valence-corrected chi connectivity index (χ2v) is 20.3. The summed E-state index contributed by atoms with van der Waals surface area (Å²) >= 11 is 0. The van der Waals surface area contributed by atoms with Crippen molar-refractivity contribution in [1.82, 2.24) is 0 Å². The maximum Gasteiger partial charge on any atom is 0.306 e. The van der Waals surface area contributed by atoms with Crippen LogP contribution in [0.5, 0.6) is 0 Å². The number of hydrogen-bond donors (Lipinski definition) is 0. The van der Waals surface area contributed by atoms with Crippen LogP contribution >= 0.6 is 0 Å². The van der Waals surface area contributed by atoms with Crippen molar-refractivity contribution in [2.45, 2.75) is 335 Å². The molecule has 0 N–H and O–H groups in total. The predicted molar refractivity (Wildman–Crippen MR) is 289 cm³/mol. The minimum Gasteiger partial charge on any atom is -0.462 e. The number of ether oxygens (including phenoxy) is 3. The van der Waals surface area contributed by atoms with Crippen LogP contribution in [-0.2, 0) is 28.6 Å². The standard InChI is InChI=1S/C61H114O6/c1-4-7-10-13-16-19-22-25-27-28-29-30-31-32-34-36-39-42-45-48-51-54-60(63)66-57-58(56-65-59(62)53-50-47-44-41-38-35-24-21-18-15-12-9-6-3)67-61(64)55-52-49-46-43-40-37-33-26-23-20-17-14-11-8-5-2/h21,24-25,27,58H,4-20,22-23,26,28-57H2,1-3H3/b24-21-,27-25-/t58-/m0/s1. The molecule has 0 spiro atoms. The highest BCUT2D eigenvalue weighted by atomic mass is 16.6. The van der Waals surface area contributed by atoms with E-state index in [1.807, 2.05) is 0 Å². The molecule has 0 aliphatic heterocycles. The van der Waals surface area contributed by atoms with Gasteiger partial charge in [0.15, 0.2) is 6.10 Å². The van der Waals surface area contributed by atoms with Gasteiger partial charge in [-0.2, -0.15) is 0 Å². The van der Waals surface area contributed by atoms with Crippen LogP contribution in [0.25, 0.3) is 0 Å². The summed E-state index contributed by atoms with van der Waals surface area (Å²) in [6, 6.07) is 0. The van der Waals surface area contributed by atoms with Crippen LogP contribution in [0.1, 0.15) is 329 Å². The van der Waals surface area contributed by atoms with Gasteiger partial charge in [0.1, 0.15) is 13.2 Å². The monoisotopic (exact) mass is 943 g/mol. The molecular weight excluding hydrogens is 829 g/mol. The zero-order valence-corrected chi connectivity index (χ0v) is 45.2. The number of rotatable bonds is 55. The van der Waals surface area contributed by atoms with Crippen molar-refractivity contribution in [3.63, 3.8) is 0 Å². The Bertz CT molecular complexity index is 1080. The molecular formula is C61H114O6. The smallest absolute Gasteiger partial charge is 0.306 e. The number of unbranched alkanes of at least 4 members (excludes halogenated alkanes) is 40. The van der Waals surface area contributed by atoms with Gasteiger partial charge in [-0.15, -0.1) is 0 Å². The van der Waals surface area contributed by atoms with Crippen LogP contribution in [0.2, 0.25) is 0 Å². The van der Waals surface area contributed by atoms with E-state index in [0.717, 1.165) is 64.2 Å². The Kier molecular flexibility index (Phi) is 54.7. The van der Waals surface area contributed by atoms with E-state index in [1.54, 1.807) is 0 Å². The van der Waals surface area contributed by atoms with E-state index in [9.17, 15) is 14.4 Å². The normalized spacial score (nSPS) is 12.1. The molecule has 0 saturated carbocycles. The van der Waals surface area contributed by atoms with Crippen molar-refractivity contribution in [3.05, 3.63) is 24.3 Å². The first-order chi connectivity index (χ1) is 33.0. The molecule has 6 heteroatoms. The molecule has 0 unspecified atom stereocenters. The van der Waals surface area contributed by atoms with Crippen molar-refractivity contribution >= 4 is 17.9 Å². The summed E-state index contributed by atoms with van der Waals surface area (Å²) in [4.78, 5) is 38.2. The van der Waals surface area contributed by atoms with Crippen LogP contribution in [0.3, 0.4) is 0 Å². The summed E-state index contributed by atoms with van der Waals surface area (Å²) in [7, 11) is 0. The molecule has 0 fully saturated rings. The van der Waals surface area contributed by atoms with E-state index in [4.69, 9.17) is 14.2 Å². The van der Waals surface area contributed by atoms with E-state index in [1.165, 1.54) is 225 Å². The molecule has 0 bridgehead atoms. The molecule has 0 amide bonds. The van der Waals surface area contributed by atoms with Crippen LogP contribution in [0.15, 0.2) is 24.3 Å². The van der Waals surface area contributed by atoms with Gasteiger partial charge >= 0.3 is 17.9 Å². The summed E-state index contributed by atoms with van der Waals surface area (Å²) < 4.78 is 16.9. The second kappa shape index (κ2) is 56.5. The average molecular weight is 944 g/mol. The molecule has 0 aromatic rings. The quantitative estimate of drug-likeness (QED) is 0.0262.